The van der Waals surface area contributed by atoms with Crippen molar-refractivity contribution in [3.05, 3.63) is 53.5 Å². The second kappa shape index (κ2) is 5.93. The summed E-state index contributed by atoms with van der Waals surface area (Å²) in [6.07, 6.45) is 0.385. The third kappa shape index (κ3) is 3.18. The van der Waals surface area contributed by atoms with E-state index in [1.54, 1.807) is 6.07 Å². The molecular formula is C15H14N2O3. The van der Waals surface area contributed by atoms with Crippen molar-refractivity contribution in [3.8, 4) is 6.07 Å². The molecule has 1 unspecified atom stereocenters. The standard InChI is InChI=1S/C15H14N2O3/c1-10(13-6-7-14(20-13)15(18)19)17-12-4-2-11(3-5-12)8-9-16/h2-7,10,17H,8H2,1H3,(H,18,19). The van der Waals surface area contributed by atoms with Gasteiger partial charge in [-0.25, -0.2) is 4.79 Å². The molecule has 1 aromatic carbocycles. The number of benzene rings is 1. The van der Waals surface area contributed by atoms with Gasteiger partial charge in [-0.1, -0.05) is 12.1 Å². The van der Waals surface area contributed by atoms with Crippen molar-refractivity contribution in [2.75, 3.05) is 5.32 Å². The van der Waals surface area contributed by atoms with Crippen LogP contribution in [0.15, 0.2) is 40.8 Å². The van der Waals surface area contributed by atoms with E-state index in [0.29, 0.717) is 12.2 Å². The molecule has 0 fully saturated rings. The van der Waals surface area contributed by atoms with Crippen LogP contribution in [0.25, 0.3) is 0 Å². The highest BCUT2D eigenvalue weighted by Gasteiger charge is 2.13. The van der Waals surface area contributed by atoms with E-state index in [1.165, 1.54) is 6.07 Å². The fraction of sp³-hybridized carbons (Fsp3) is 0.200. The van der Waals surface area contributed by atoms with Crippen LogP contribution in [0.1, 0.15) is 34.8 Å². The van der Waals surface area contributed by atoms with Gasteiger partial charge in [-0.15, -0.1) is 0 Å². The number of rotatable bonds is 5. The van der Waals surface area contributed by atoms with Gasteiger partial charge in [0.05, 0.1) is 18.5 Å². The van der Waals surface area contributed by atoms with Gasteiger partial charge < -0.3 is 14.8 Å². The highest BCUT2D eigenvalue weighted by atomic mass is 16.4. The maximum absolute atomic E-state index is 10.8. The zero-order valence-electron chi connectivity index (χ0n) is 11.0. The molecular weight excluding hydrogens is 256 g/mol. The number of nitrogens with zero attached hydrogens (tertiary/aromatic N) is 1. The first-order valence-electron chi connectivity index (χ1n) is 6.15. The van der Waals surface area contributed by atoms with Crippen LogP contribution >= 0.6 is 0 Å². The summed E-state index contributed by atoms with van der Waals surface area (Å²) < 4.78 is 5.24. The minimum absolute atomic E-state index is 0.0713. The van der Waals surface area contributed by atoms with Gasteiger partial charge >= 0.3 is 5.97 Å². The van der Waals surface area contributed by atoms with Gasteiger partial charge in [-0.3, -0.25) is 0 Å². The fourth-order valence-electron chi connectivity index (χ4n) is 1.83. The summed E-state index contributed by atoms with van der Waals surface area (Å²) in [6.45, 7) is 1.88. The molecule has 2 rings (SSSR count). The molecule has 0 spiro atoms. The smallest absolute Gasteiger partial charge is 0.371 e. The molecule has 0 bridgehead atoms. The molecule has 0 aliphatic heterocycles. The Morgan fingerprint density at radius 3 is 2.60 bits per heavy atom. The van der Waals surface area contributed by atoms with Crippen LogP contribution in [-0.2, 0) is 6.42 Å². The van der Waals surface area contributed by atoms with E-state index in [1.807, 2.05) is 31.2 Å². The summed E-state index contributed by atoms with van der Waals surface area (Å²) in [6, 6.07) is 12.5. The quantitative estimate of drug-likeness (QED) is 0.871. The maximum atomic E-state index is 10.8. The molecule has 0 radical (unpaired) electrons. The zero-order valence-corrected chi connectivity index (χ0v) is 11.0. The highest BCUT2D eigenvalue weighted by Crippen LogP contribution is 2.21. The number of nitriles is 1. The summed E-state index contributed by atoms with van der Waals surface area (Å²) in [4.78, 5) is 10.8. The normalized spacial score (nSPS) is 11.6. The molecule has 5 nitrogen and oxygen atoms in total. The molecule has 1 atom stereocenters. The predicted octanol–water partition coefficient (Wildman–Crippen LogP) is 3.22. The van der Waals surface area contributed by atoms with Crippen LogP contribution in [0.3, 0.4) is 0 Å². The van der Waals surface area contributed by atoms with Crippen molar-refractivity contribution in [1.82, 2.24) is 0 Å². The van der Waals surface area contributed by atoms with Gasteiger partial charge in [0.2, 0.25) is 5.76 Å². The minimum atomic E-state index is -1.08. The average molecular weight is 270 g/mol. The Balaban J connectivity index is 2.04. The summed E-state index contributed by atoms with van der Waals surface area (Å²) in [7, 11) is 0. The first-order chi connectivity index (χ1) is 9.60. The van der Waals surface area contributed by atoms with Crippen LogP contribution in [-0.4, -0.2) is 11.1 Å². The third-order valence-electron chi connectivity index (χ3n) is 2.88. The van der Waals surface area contributed by atoms with Crippen molar-refractivity contribution < 1.29 is 14.3 Å². The molecule has 2 N–H and O–H groups in total. The number of hydrogen-bond donors (Lipinski definition) is 2. The van der Waals surface area contributed by atoms with E-state index in [4.69, 9.17) is 14.8 Å². The number of carboxylic acids is 1. The number of furan rings is 1. The fourth-order valence-corrected chi connectivity index (χ4v) is 1.83. The number of hydrogen-bond acceptors (Lipinski definition) is 4. The lowest BCUT2D eigenvalue weighted by Crippen LogP contribution is -2.05. The van der Waals surface area contributed by atoms with Crippen molar-refractivity contribution in [1.29, 1.82) is 5.26 Å². The van der Waals surface area contributed by atoms with Gasteiger partial charge in [0, 0.05) is 5.69 Å². The van der Waals surface area contributed by atoms with Gasteiger partial charge in [0.1, 0.15) is 5.76 Å². The number of carbonyl (C=O) groups is 1. The van der Waals surface area contributed by atoms with E-state index >= 15 is 0 Å². The van der Waals surface area contributed by atoms with Crippen molar-refractivity contribution in [2.24, 2.45) is 0 Å². The van der Waals surface area contributed by atoms with Gasteiger partial charge in [0.15, 0.2) is 0 Å². The Kier molecular flexibility index (Phi) is 4.06. The van der Waals surface area contributed by atoms with E-state index in [9.17, 15) is 4.79 Å². The monoisotopic (exact) mass is 270 g/mol. The van der Waals surface area contributed by atoms with E-state index < -0.39 is 5.97 Å². The van der Waals surface area contributed by atoms with Gasteiger partial charge in [-0.2, -0.15) is 5.26 Å². The molecule has 1 heterocycles. The lowest BCUT2D eigenvalue weighted by atomic mass is 10.1. The van der Waals surface area contributed by atoms with Crippen LogP contribution in [0, 0.1) is 11.3 Å². The molecule has 0 aliphatic rings. The van der Waals surface area contributed by atoms with Gasteiger partial charge in [-0.05, 0) is 36.8 Å². The molecule has 102 valence electrons. The Hall–Kier alpha value is -2.74. The number of carboxylic acid groups (broad SMARTS) is 1. The van der Waals surface area contributed by atoms with Gasteiger partial charge in [0.25, 0.3) is 0 Å². The largest absolute Gasteiger partial charge is 0.475 e. The molecule has 5 heteroatoms. The summed E-state index contributed by atoms with van der Waals surface area (Å²) >= 11 is 0. The lowest BCUT2D eigenvalue weighted by Gasteiger charge is -2.13. The minimum Gasteiger partial charge on any atom is -0.475 e. The summed E-state index contributed by atoms with van der Waals surface area (Å²) in [5.41, 5.74) is 1.84. The first kappa shape index (κ1) is 13.7. The van der Waals surface area contributed by atoms with Crippen LogP contribution in [0.5, 0.6) is 0 Å². The zero-order chi connectivity index (χ0) is 14.5. The third-order valence-corrected chi connectivity index (χ3v) is 2.88. The second-order valence-corrected chi connectivity index (χ2v) is 4.41. The SMILES string of the molecule is CC(Nc1ccc(CC#N)cc1)c1ccc(C(=O)O)o1. The molecule has 0 saturated heterocycles. The first-order valence-corrected chi connectivity index (χ1v) is 6.15. The lowest BCUT2D eigenvalue weighted by molar-refractivity contribution is 0.0660. The molecule has 0 saturated carbocycles. The topological polar surface area (TPSA) is 86.3 Å². The number of aromatic carboxylic acids is 1. The van der Waals surface area contributed by atoms with Crippen molar-refractivity contribution >= 4 is 11.7 Å². The molecule has 20 heavy (non-hydrogen) atoms. The Bertz CT molecular complexity index is 638. The van der Waals surface area contributed by atoms with Crippen molar-refractivity contribution in [2.45, 2.75) is 19.4 Å². The number of nitrogens with one attached hydrogen (secondary N) is 1. The van der Waals surface area contributed by atoms with E-state index in [-0.39, 0.29) is 11.8 Å². The molecule has 0 aliphatic carbocycles. The Morgan fingerprint density at radius 2 is 2.05 bits per heavy atom. The Morgan fingerprint density at radius 1 is 1.35 bits per heavy atom. The molecule has 1 aromatic heterocycles. The van der Waals surface area contributed by atoms with Crippen LogP contribution < -0.4 is 5.32 Å². The maximum Gasteiger partial charge on any atom is 0.371 e. The number of anilines is 1. The van der Waals surface area contributed by atoms with Crippen LogP contribution in [0.2, 0.25) is 0 Å². The Labute approximate surface area is 116 Å². The van der Waals surface area contributed by atoms with Crippen LogP contribution in [0.4, 0.5) is 5.69 Å². The second-order valence-electron chi connectivity index (χ2n) is 4.41. The average Bonchev–Trinajstić information content (AvgIpc) is 2.91. The highest BCUT2D eigenvalue weighted by molar-refractivity contribution is 5.84. The molecule has 0 amide bonds. The van der Waals surface area contributed by atoms with E-state index in [0.717, 1.165) is 11.3 Å². The summed E-state index contributed by atoms with van der Waals surface area (Å²) in [5, 5.41) is 20.6. The molecule has 2 aromatic rings. The van der Waals surface area contributed by atoms with Crippen molar-refractivity contribution in [3.63, 3.8) is 0 Å². The predicted molar refractivity (Wildman–Crippen MR) is 73.5 cm³/mol. The summed E-state index contributed by atoms with van der Waals surface area (Å²) in [5.74, 6) is -0.592. The van der Waals surface area contributed by atoms with E-state index in [2.05, 4.69) is 11.4 Å².